The fourth-order valence-electron chi connectivity index (χ4n) is 1.92. The van der Waals surface area contributed by atoms with Crippen LogP contribution in [0.25, 0.3) is 0 Å². The number of hydrogen-bond acceptors (Lipinski definition) is 3. The van der Waals surface area contributed by atoms with Crippen molar-refractivity contribution in [2.24, 2.45) is 5.73 Å². The van der Waals surface area contributed by atoms with Crippen molar-refractivity contribution in [1.82, 2.24) is 0 Å². The zero-order valence-electron chi connectivity index (χ0n) is 11.2. The van der Waals surface area contributed by atoms with Gasteiger partial charge in [0.25, 0.3) is 0 Å². The molecule has 5 heteroatoms. The van der Waals surface area contributed by atoms with Gasteiger partial charge in [0.1, 0.15) is 6.07 Å². The number of nitrogens with one attached hydrogen (secondary N) is 1. The zero-order chi connectivity index (χ0) is 15.2. The van der Waals surface area contributed by atoms with E-state index in [0.717, 1.165) is 5.56 Å². The van der Waals surface area contributed by atoms with E-state index in [2.05, 4.69) is 5.32 Å². The monoisotopic (exact) mass is 299 g/mol. The van der Waals surface area contributed by atoms with Crippen LogP contribution >= 0.6 is 11.6 Å². The van der Waals surface area contributed by atoms with Gasteiger partial charge in [0, 0.05) is 18.2 Å². The summed E-state index contributed by atoms with van der Waals surface area (Å²) in [6.07, 6.45) is 0.161. The lowest BCUT2D eigenvalue weighted by atomic mass is 10.0. The molecule has 0 radical (unpaired) electrons. The number of nitrogens with two attached hydrogens (primary N) is 1. The van der Waals surface area contributed by atoms with Gasteiger partial charge in [0.15, 0.2) is 0 Å². The lowest BCUT2D eigenvalue weighted by Crippen LogP contribution is -2.20. The van der Waals surface area contributed by atoms with Gasteiger partial charge in [0.2, 0.25) is 5.91 Å². The number of halogens is 1. The summed E-state index contributed by atoms with van der Waals surface area (Å²) in [5.41, 5.74) is 7.75. The van der Waals surface area contributed by atoms with Gasteiger partial charge in [-0.15, -0.1) is 0 Å². The molecular weight excluding hydrogens is 286 g/mol. The number of amides is 1. The van der Waals surface area contributed by atoms with Crippen LogP contribution in [0.2, 0.25) is 5.02 Å². The Morgan fingerprint density at radius 1 is 1.29 bits per heavy atom. The van der Waals surface area contributed by atoms with Crippen molar-refractivity contribution in [3.63, 3.8) is 0 Å². The van der Waals surface area contributed by atoms with Crippen molar-refractivity contribution in [2.75, 3.05) is 5.32 Å². The molecule has 1 atom stereocenters. The number of anilines is 1. The van der Waals surface area contributed by atoms with Crippen LogP contribution in [-0.4, -0.2) is 5.91 Å². The molecule has 0 saturated heterocycles. The van der Waals surface area contributed by atoms with Crippen molar-refractivity contribution < 1.29 is 4.79 Å². The Morgan fingerprint density at radius 3 is 2.67 bits per heavy atom. The first-order chi connectivity index (χ1) is 10.1. The van der Waals surface area contributed by atoms with Gasteiger partial charge >= 0.3 is 0 Å². The highest BCUT2D eigenvalue weighted by molar-refractivity contribution is 6.31. The largest absolute Gasteiger partial charge is 0.326 e. The summed E-state index contributed by atoms with van der Waals surface area (Å²) >= 11 is 5.84. The van der Waals surface area contributed by atoms with Gasteiger partial charge < -0.3 is 11.1 Å². The van der Waals surface area contributed by atoms with E-state index in [-0.39, 0.29) is 18.4 Å². The molecule has 0 aliphatic rings. The van der Waals surface area contributed by atoms with Crippen LogP contribution < -0.4 is 11.1 Å². The van der Waals surface area contributed by atoms with E-state index in [1.807, 2.05) is 36.4 Å². The molecule has 3 N–H and O–H groups in total. The Balaban J connectivity index is 2.01. The summed E-state index contributed by atoms with van der Waals surface area (Å²) in [5, 5.41) is 12.0. The van der Waals surface area contributed by atoms with Gasteiger partial charge in [-0.1, -0.05) is 41.9 Å². The maximum Gasteiger partial charge on any atom is 0.226 e. The Hall–Kier alpha value is -2.35. The van der Waals surface area contributed by atoms with Crippen LogP contribution in [0, 0.1) is 11.3 Å². The summed E-state index contributed by atoms with van der Waals surface area (Å²) in [7, 11) is 0. The summed E-state index contributed by atoms with van der Waals surface area (Å²) in [6.45, 7) is 0. The fraction of sp³-hybridized carbons (Fsp3) is 0.125. The minimum absolute atomic E-state index is 0.161. The summed E-state index contributed by atoms with van der Waals surface area (Å²) in [4.78, 5) is 12.0. The number of hydrogen-bond donors (Lipinski definition) is 2. The third-order valence-corrected chi connectivity index (χ3v) is 3.33. The first-order valence-electron chi connectivity index (χ1n) is 6.40. The predicted molar refractivity (Wildman–Crippen MR) is 82.8 cm³/mol. The van der Waals surface area contributed by atoms with E-state index < -0.39 is 0 Å². The molecule has 2 aromatic rings. The smallest absolute Gasteiger partial charge is 0.226 e. The zero-order valence-corrected chi connectivity index (χ0v) is 12.0. The Labute approximate surface area is 128 Å². The van der Waals surface area contributed by atoms with Crippen molar-refractivity contribution in [2.45, 2.75) is 12.5 Å². The highest BCUT2D eigenvalue weighted by atomic mass is 35.5. The first kappa shape index (κ1) is 15.0. The second kappa shape index (κ2) is 6.89. The number of benzene rings is 2. The molecule has 0 saturated carbocycles. The van der Waals surface area contributed by atoms with Gasteiger partial charge in [-0.3, -0.25) is 4.79 Å². The van der Waals surface area contributed by atoms with Crippen molar-refractivity contribution in [3.8, 4) is 6.07 Å². The molecule has 1 unspecified atom stereocenters. The normalized spacial score (nSPS) is 11.5. The third-order valence-electron chi connectivity index (χ3n) is 3.00. The van der Waals surface area contributed by atoms with Gasteiger partial charge in [0.05, 0.1) is 10.6 Å². The topological polar surface area (TPSA) is 78.9 Å². The van der Waals surface area contributed by atoms with Crippen LogP contribution in [0.15, 0.2) is 48.5 Å². The van der Waals surface area contributed by atoms with Gasteiger partial charge in [-0.25, -0.2) is 0 Å². The van der Waals surface area contributed by atoms with Crippen LogP contribution in [0.4, 0.5) is 5.69 Å². The third kappa shape index (κ3) is 4.06. The molecule has 1 amide bonds. The SMILES string of the molecule is N#Cc1cc(NC(=O)CC(N)c2ccccc2)ccc1Cl. The van der Waals surface area contributed by atoms with Gasteiger partial charge in [-0.05, 0) is 23.8 Å². The van der Waals surface area contributed by atoms with Crippen LogP contribution in [-0.2, 0) is 4.79 Å². The number of nitrogens with zero attached hydrogens (tertiary/aromatic N) is 1. The van der Waals surface area contributed by atoms with Crippen LogP contribution in [0.1, 0.15) is 23.6 Å². The fourth-order valence-corrected chi connectivity index (χ4v) is 2.08. The lowest BCUT2D eigenvalue weighted by molar-refractivity contribution is -0.116. The Kier molecular flexibility index (Phi) is 4.94. The molecule has 0 bridgehead atoms. The van der Waals surface area contributed by atoms with E-state index in [1.54, 1.807) is 12.1 Å². The Bertz CT molecular complexity index is 680. The van der Waals surface area contributed by atoms with Crippen molar-refractivity contribution >= 4 is 23.2 Å². The molecular formula is C16H14ClN3O. The molecule has 4 nitrogen and oxygen atoms in total. The molecule has 2 aromatic carbocycles. The standard InChI is InChI=1S/C16H14ClN3O/c17-14-7-6-13(8-12(14)10-18)20-16(21)9-15(19)11-4-2-1-3-5-11/h1-8,15H,9,19H2,(H,20,21). The molecule has 21 heavy (non-hydrogen) atoms. The van der Waals surface area contributed by atoms with Gasteiger partial charge in [-0.2, -0.15) is 5.26 Å². The average Bonchev–Trinajstić information content (AvgIpc) is 2.50. The number of carbonyl (C=O) groups is 1. The van der Waals surface area contributed by atoms with E-state index in [9.17, 15) is 4.79 Å². The molecule has 0 aliphatic heterocycles. The summed E-state index contributed by atoms with van der Waals surface area (Å²) < 4.78 is 0. The van der Waals surface area contributed by atoms with Crippen LogP contribution in [0.3, 0.4) is 0 Å². The maximum absolute atomic E-state index is 12.0. The summed E-state index contributed by atoms with van der Waals surface area (Å²) in [6, 6.07) is 15.8. The molecule has 0 aliphatic carbocycles. The van der Waals surface area contributed by atoms with E-state index in [1.165, 1.54) is 6.07 Å². The highest BCUT2D eigenvalue weighted by Gasteiger charge is 2.12. The highest BCUT2D eigenvalue weighted by Crippen LogP contribution is 2.20. The molecule has 0 aromatic heterocycles. The average molecular weight is 300 g/mol. The van der Waals surface area contributed by atoms with E-state index in [4.69, 9.17) is 22.6 Å². The molecule has 0 fully saturated rings. The summed E-state index contributed by atoms with van der Waals surface area (Å²) in [5.74, 6) is -0.211. The minimum Gasteiger partial charge on any atom is -0.326 e. The molecule has 106 valence electrons. The maximum atomic E-state index is 12.0. The molecule has 0 spiro atoms. The predicted octanol–water partition coefficient (Wildman–Crippen LogP) is 3.24. The second-order valence-corrected chi connectivity index (χ2v) is 4.98. The van der Waals surface area contributed by atoms with Crippen LogP contribution in [0.5, 0.6) is 0 Å². The molecule has 0 heterocycles. The van der Waals surface area contributed by atoms with E-state index >= 15 is 0 Å². The number of nitriles is 1. The molecule has 2 rings (SSSR count). The second-order valence-electron chi connectivity index (χ2n) is 4.58. The first-order valence-corrected chi connectivity index (χ1v) is 6.78. The number of rotatable bonds is 4. The van der Waals surface area contributed by atoms with Crippen molar-refractivity contribution in [3.05, 3.63) is 64.7 Å². The number of carbonyl (C=O) groups excluding carboxylic acids is 1. The quantitative estimate of drug-likeness (QED) is 0.909. The van der Waals surface area contributed by atoms with Crippen molar-refractivity contribution in [1.29, 1.82) is 5.26 Å². The Morgan fingerprint density at radius 2 is 2.00 bits per heavy atom. The minimum atomic E-state index is -0.367. The lowest BCUT2D eigenvalue weighted by Gasteiger charge is -2.12. The van der Waals surface area contributed by atoms with E-state index in [0.29, 0.717) is 16.3 Å².